The number of nitrogens with one attached hydrogen (secondary N) is 1. The van der Waals surface area contributed by atoms with Gasteiger partial charge in [-0.3, -0.25) is 0 Å². The van der Waals surface area contributed by atoms with Crippen LogP contribution in [0.5, 0.6) is 0 Å². The number of hydrogen-bond donors (Lipinski definition) is 1. The third-order valence-corrected chi connectivity index (χ3v) is 5.19. The van der Waals surface area contributed by atoms with E-state index >= 15 is 0 Å². The fourth-order valence-corrected chi connectivity index (χ4v) is 3.48. The van der Waals surface area contributed by atoms with Gasteiger partial charge in [0, 0.05) is 26.8 Å². The van der Waals surface area contributed by atoms with Crippen molar-refractivity contribution in [1.29, 1.82) is 0 Å². The van der Waals surface area contributed by atoms with Gasteiger partial charge in [-0.1, -0.05) is 22.0 Å². The fraction of sp³-hybridized carbons (Fsp3) is 0.333. The molecule has 112 valence electrons. The van der Waals surface area contributed by atoms with Crippen LogP contribution in [0, 0.1) is 0 Å². The molecule has 1 heterocycles. The van der Waals surface area contributed by atoms with Crippen LogP contribution in [0.1, 0.15) is 23.3 Å². The quantitative estimate of drug-likeness (QED) is 0.749. The molecule has 1 aliphatic carbocycles. The smallest absolute Gasteiger partial charge is 0.309 e. The second-order valence-corrected chi connectivity index (χ2v) is 7.14. The van der Waals surface area contributed by atoms with Gasteiger partial charge >= 0.3 is 6.18 Å². The molecule has 0 radical (unpaired) electrons. The van der Waals surface area contributed by atoms with Crippen molar-refractivity contribution in [3.8, 4) is 10.4 Å². The maximum Gasteiger partial charge on any atom is 0.417 e. The largest absolute Gasteiger partial charge is 0.417 e. The Bertz CT molecular complexity index is 647. The molecule has 3 rings (SSSR count). The third-order valence-electron chi connectivity index (χ3n) is 3.36. The molecule has 0 unspecified atom stereocenters. The summed E-state index contributed by atoms with van der Waals surface area (Å²) in [5.74, 6) is 0. The number of alkyl halides is 3. The van der Waals surface area contributed by atoms with Gasteiger partial charge in [0.25, 0.3) is 0 Å². The lowest BCUT2D eigenvalue weighted by Crippen LogP contribution is -2.14. The van der Waals surface area contributed by atoms with E-state index in [0.717, 1.165) is 16.3 Å². The molecule has 1 nitrogen and oxygen atoms in total. The van der Waals surface area contributed by atoms with Gasteiger partial charge < -0.3 is 5.32 Å². The van der Waals surface area contributed by atoms with E-state index in [4.69, 9.17) is 0 Å². The van der Waals surface area contributed by atoms with E-state index in [2.05, 4.69) is 21.2 Å². The maximum atomic E-state index is 12.9. The van der Waals surface area contributed by atoms with Crippen LogP contribution in [0.15, 0.2) is 34.8 Å². The zero-order chi connectivity index (χ0) is 15.0. The number of thiophene rings is 1. The normalized spacial score (nSPS) is 15.4. The standard InChI is InChI=1S/C15H13BrF3NS/c16-13-5-1-9(7-12(13)15(17,18)19)14-6-4-11(21-14)8-20-10-2-3-10/h1,4-7,10,20H,2-3,8H2. The highest BCUT2D eigenvalue weighted by atomic mass is 79.9. The van der Waals surface area contributed by atoms with Crippen molar-refractivity contribution >= 4 is 27.3 Å². The summed E-state index contributed by atoms with van der Waals surface area (Å²) >= 11 is 4.50. The molecular formula is C15H13BrF3NS. The van der Waals surface area contributed by atoms with Crippen molar-refractivity contribution in [2.75, 3.05) is 0 Å². The van der Waals surface area contributed by atoms with Crippen molar-refractivity contribution in [2.45, 2.75) is 31.6 Å². The first-order valence-corrected chi connectivity index (χ1v) is 8.23. The third kappa shape index (κ3) is 3.67. The summed E-state index contributed by atoms with van der Waals surface area (Å²) in [4.78, 5) is 2.01. The molecule has 6 heteroatoms. The Kier molecular flexibility index (Phi) is 4.12. The predicted octanol–water partition coefficient (Wildman–Crippen LogP) is 5.45. The number of rotatable bonds is 4. The molecule has 1 saturated carbocycles. The van der Waals surface area contributed by atoms with Crippen LogP contribution >= 0.6 is 27.3 Å². The summed E-state index contributed by atoms with van der Waals surface area (Å²) < 4.78 is 38.9. The molecule has 0 spiro atoms. The van der Waals surface area contributed by atoms with E-state index in [-0.39, 0.29) is 4.47 Å². The SMILES string of the molecule is FC(F)(F)c1cc(-c2ccc(CNC3CC3)s2)ccc1Br. The number of halogens is 4. The first kappa shape index (κ1) is 15.1. The first-order chi connectivity index (χ1) is 9.93. The molecule has 1 N–H and O–H groups in total. The van der Waals surface area contributed by atoms with E-state index in [1.54, 1.807) is 6.07 Å². The zero-order valence-corrected chi connectivity index (χ0v) is 13.4. The first-order valence-electron chi connectivity index (χ1n) is 6.63. The van der Waals surface area contributed by atoms with Gasteiger partial charge in [-0.25, -0.2) is 0 Å². The summed E-state index contributed by atoms with van der Waals surface area (Å²) in [6.07, 6.45) is -1.90. The molecule has 21 heavy (non-hydrogen) atoms. The molecule has 1 aliphatic rings. The Labute approximate surface area is 133 Å². The van der Waals surface area contributed by atoms with Crippen LogP contribution in [-0.4, -0.2) is 6.04 Å². The Morgan fingerprint density at radius 2 is 1.95 bits per heavy atom. The highest BCUT2D eigenvalue weighted by Gasteiger charge is 2.33. The van der Waals surface area contributed by atoms with E-state index in [1.165, 1.54) is 36.3 Å². The molecule has 0 amide bonds. The summed E-state index contributed by atoms with van der Waals surface area (Å²) in [6, 6.07) is 8.86. The van der Waals surface area contributed by atoms with E-state index in [1.807, 2.05) is 12.1 Å². The average molecular weight is 376 g/mol. The minimum absolute atomic E-state index is 0.0749. The molecule has 0 bridgehead atoms. The van der Waals surface area contributed by atoms with Crippen molar-refractivity contribution < 1.29 is 13.2 Å². The van der Waals surface area contributed by atoms with Crippen LogP contribution in [0.3, 0.4) is 0 Å². The van der Waals surface area contributed by atoms with Gasteiger partial charge in [0.15, 0.2) is 0 Å². The van der Waals surface area contributed by atoms with Crippen molar-refractivity contribution in [2.24, 2.45) is 0 Å². The molecule has 0 saturated heterocycles. The Morgan fingerprint density at radius 3 is 2.62 bits per heavy atom. The van der Waals surface area contributed by atoms with E-state index in [0.29, 0.717) is 11.6 Å². The van der Waals surface area contributed by atoms with Crippen LogP contribution in [-0.2, 0) is 12.7 Å². The fourth-order valence-electron chi connectivity index (χ4n) is 2.06. The maximum absolute atomic E-state index is 12.9. The Balaban J connectivity index is 1.82. The van der Waals surface area contributed by atoms with Gasteiger partial charge in [0.2, 0.25) is 0 Å². The monoisotopic (exact) mass is 375 g/mol. The molecule has 1 fully saturated rings. The molecule has 2 aromatic rings. The van der Waals surface area contributed by atoms with E-state index in [9.17, 15) is 13.2 Å². The summed E-state index contributed by atoms with van der Waals surface area (Å²) in [6.45, 7) is 0.790. The molecule has 1 aromatic heterocycles. The molecular weight excluding hydrogens is 363 g/mol. The second-order valence-electron chi connectivity index (χ2n) is 5.11. The Morgan fingerprint density at radius 1 is 1.19 bits per heavy atom. The number of hydrogen-bond acceptors (Lipinski definition) is 2. The van der Waals surface area contributed by atoms with Gasteiger partial charge in [-0.05, 0) is 42.7 Å². The highest BCUT2D eigenvalue weighted by Crippen LogP contribution is 2.38. The van der Waals surface area contributed by atoms with Gasteiger partial charge in [0.1, 0.15) is 0 Å². The number of benzene rings is 1. The lowest BCUT2D eigenvalue weighted by Gasteiger charge is -2.10. The Hall–Kier alpha value is -0.850. The summed E-state index contributed by atoms with van der Waals surface area (Å²) in [5.41, 5.74) is -0.0285. The average Bonchev–Trinajstić information content (AvgIpc) is 3.13. The molecule has 0 aliphatic heterocycles. The van der Waals surface area contributed by atoms with Crippen molar-refractivity contribution in [3.63, 3.8) is 0 Å². The van der Waals surface area contributed by atoms with E-state index < -0.39 is 11.7 Å². The zero-order valence-electron chi connectivity index (χ0n) is 11.0. The van der Waals surface area contributed by atoms with Crippen molar-refractivity contribution in [1.82, 2.24) is 5.32 Å². The molecule has 1 aromatic carbocycles. The van der Waals surface area contributed by atoms with Crippen LogP contribution in [0.2, 0.25) is 0 Å². The topological polar surface area (TPSA) is 12.0 Å². The van der Waals surface area contributed by atoms with Gasteiger partial charge in [-0.2, -0.15) is 13.2 Å². The van der Waals surface area contributed by atoms with Crippen LogP contribution in [0.25, 0.3) is 10.4 Å². The van der Waals surface area contributed by atoms with Gasteiger partial charge in [0.05, 0.1) is 5.56 Å². The lowest BCUT2D eigenvalue weighted by molar-refractivity contribution is -0.138. The predicted molar refractivity (Wildman–Crippen MR) is 82.3 cm³/mol. The van der Waals surface area contributed by atoms with Crippen LogP contribution < -0.4 is 5.32 Å². The minimum Gasteiger partial charge on any atom is -0.309 e. The molecule has 0 atom stereocenters. The second kappa shape index (κ2) is 5.74. The van der Waals surface area contributed by atoms with Crippen molar-refractivity contribution in [3.05, 3.63) is 45.2 Å². The highest BCUT2D eigenvalue weighted by molar-refractivity contribution is 9.10. The summed E-state index contributed by atoms with van der Waals surface area (Å²) in [5, 5.41) is 3.41. The summed E-state index contributed by atoms with van der Waals surface area (Å²) in [7, 11) is 0. The van der Waals surface area contributed by atoms with Gasteiger partial charge in [-0.15, -0.1) is 11.3 Å². The van der Waals surface area contributed by atoms with Crippen LogP contribution in [0.4, 0.5) is 13.2 Å². The lowest BCUT2D eigenvalue weighted by atomic mass is 10.1. The minimum atomic E-state index is -4.34.